The van der Waals surface area contributed by atoms with Gasteiger partial charge in [-0.25, -0.2) is 14.4 Å². The number of hydrogen-bond acceptors (Lipinski definition) is 3. The molecule has 1 aliphatic rings. The Labute approximate surface area is 164 Å². The van der Waals surface area contributed by atoms with E-state index < -0.39 is 17.6 Å². The summed E-state index contributed by atoms with van der Waals surface area (Å²) in [4.78, 5) is 20.0. The van der Waals surface area contributed by atoms with Crippen LogP contribution in [0.1, 0.15) is 37.7 Å². The van der Waals surface area contributed by atoms with Gasteiger partial charge in [-0.2, -0.15) is 13.2 Å². The summed E-state index contributed by atoms with van der Waals surface area (Å²) in [6, 6.07) is 4.22. The van der Waals surface area contributed by atoms with E-state index in [0.717, 1.165) is 12.5 Å². The summed E-state index contributed by atoms with van der Waals surface area (Å²) in [6.07, 6.45) is 4.11. The number of halogens is 4. The van der Waals surface area contributed by atoms with Crippen LogP contribution in [0.2, 0.25) is 0 Å². The van der Waals surface area contributed by atoms with E-state index in [2.05, 4.69) is 9.97 Å². The molecule has 0 radical (unpaired) electrons. The topological polar surface area (TPSA) is 47.8 Å². The molecule has 0 saturated heterocycles. The fraction of sp³-hybridized carbons (Fsp3) is 0.381. The van der Waals surface area contributed by atoms with E-state index in [1.54, 1.807) is 16.8 Å². The van der Waals surface area contributed by atoms with Gasteiger partial charge in [0.1, 0.15) is 5.82 Å². The third-order valence-corrected chi connectivity index (χ3v) is 5.54. The van der Waals surface area contributed by atoms with E-state index in [4.69, 9.17) is 0 Å². The number of rotatable bonds is 4. The van der Waals surface area contributed by atoms with Gasteiger partial charge in [0, 0.05) is 25.1 Å². The van der Waals surface area contributed by atoms with Gasteiger partial charge in [-0.05, 0) is 35.9 Å². The van der Waals surface area contributed by atoms with Gasteiger partial charge in [-0.3, -0.25) is 4.79 Å². The zero-order chi connectivity index (χ0) is 20.6. The average Bonchev–Trinajstić information content (AvgIpc) is 3.21. The molecule has 0 spiro atoms. The van der Waals surface area contributed by atoms with E-state index in [-0.39, 0.29) is 22.3 Å². The molecule has 0 bridgehead atoms. The van der Waals surface area contributed by atoms with Crippen molar-refractivity contribution in [1.29, 1.82) is 0 Å². The Morgan fingerprint density at radius 2 is 1.79 bits per heavy atom. The van der Waals surface area contributed by atoms with E-state index in [9.17, 15) is 22.4 Å². The molecular formula is C21H19F4N3O. The molecule has 1 fully saturated rings. The van der Waals surface area contributed by atoms with E-state index >= 15 is 0 Å². The molecular weight excluding hydrogens is 386 g/mol. The molecule has 0 N–H and O–H groups in total. The van der Waals surface area contributed by atoms with E-state index in [0.29, 0.717) is 30.2 Å². The zero-order valence-corrected chi connectivity index (χ0v) is 15.5. The van der Waals surface area contributed by atoms with Crippen LogP contribution < -0.4 is 5.56 Å². The van der Waals surface area contributed by atoms with Gasteiger partial charge in [-0.15, -0.1) is 0 Å². The predicted molar refractivity (Wildman–Crippen MR) is 101 cm³/mol. The van der Waals surface area contributed by atoms with E-state index in [1.165, 1.54) is 31.7 Å². The number of benzene rings is 1. The van der Waals surface area contributed by atoms with Crippen molar-refractivity contribution in [3.05, 3.63) is 58.5 Å². The van der Waals surface area contributed by atoms with Crippen LogP contribution in [0, 0.1) is 11.7 Å². The first kappa shape index (κ1) is 19.5. The Bertz CT molecular complexity index is 1080. The first-order chi connectivity index (χ1) is 13.8. The lowest BCUT2D eigenvalue weighted by atomic mass is 10.0. The molecule has 4 rings (SSSR count). The number of nitrogens with zero attached hydrogens (tertiary/aromatic N) is 3. The average molecular weight is 405 g/mol. The van der Waals surface area contributed by atoms with Crippen molar-refractivity contribution in [3.63, 3.8) is 0 Å². The number of hydrogen-bond donors (Lipinski definition) is 0. The summed E-state index contributed by atoms with van der Waals surface area (Å²) in [5, 5.41) is 0.721. The van der Waals surface area contributed by atoms with Crippen molar-refractivity contribution in [1.82, 2.24) is 14.5 Å². The van der Waals surface area contributed by atoms with Crippen molar-refractivity contribution < 1.29 is 17.6 Å². The first-order valence-corrected chi connectivity index (χ1v) is 9.55. The second-order valence-electron chi connectivity index (χ2n) is 7.47. The molecule has 0 amide bonds. The summed E-state index contributed by atoms with van der Waals surface area (Å²) in [6.45, 7) is 0.588. The second-order valence-corrected chi connectivity index (χ2v) is 7.47. The monoisotopic (exact) mass is 405 g/mol. The largest absolute Gasteiger partial charge is 0.419 e. The predicted octanol–water partition coefficient (Wildman–Crippen LogP) is 5.20. The molecule has 1 saturated carbocycles. The Morgan fingerprint density at radius 1 is 1.10 bits per heavy atom. The molecule has 0 unspecified atom stereocenters. The van der Waals surface area contributed by atoms with Gasteiger partial charge >= 0.3 is 6.18 Å². The van der Waals surface area contributed by atoms with Crippen LogP contribution in [0.4, 0.5) is 17.6 Å². The molecule has 3 aromatic rings. The van der Waals surface area contributed by atoms with Crippen molar-refractivity contribution >= 4 is 10.8 Å². The molecule has 1 aromatic carbocycles. The van der Waals surface area contributed by atoms with Crippen LogP contribution >= 0.6 is 0 Å². The molecule has 29 heavy (non-hydrogen) atoms. The van der Waals surface area contributed by atoms with Crippen molar-refractivity contribution in [2.45, 2.75) is 44.8 Å². The summed E-state index contributed by atoms with van der Waals surface area (Å²) in [5.74, 6) is -0.278. The van der Waals surface area contributed by atoms with Gasteiger partial charge in [0.15, 0.2) is 5.82 Å². The first-order valence-electron chi connectivity index (χ1n) is 9.55. The minimum absolute atomic E-state index is 0.0469. The second kappa shape index (κ2) is 7.57. The fourth-order valence-electron chi connectivity index (χ4n) is 3.89. The Morgan fingerprint density at radius 3 is 2.45 bits per heavy atom. The van der Waals surface area contributed by atoms with Crippen LogP contribution in [0.15, 0.2) is 41.6 Å². The highest BCUT2D eigenvalue weighted by atomic mass is 19.4. The smallest absolute Gasteiger partial charge is 0.315 e. The quantitative estimate of drug-likeness (QED) is 0.561. The maximum atomic E-state index is 14.6. The van der Waals surface area contributed by atoms with Gasteiger partial charge in [0.05, 0.1) is 16.5 Å². The Hall–Kier alpha value is -2.77. The molecule has 2 heterocycles. The number of pyridine rings is 1. The summed E-state index contributed by atoms with van der Waals surface area (Å²) >= 11 is 0. The standard InChI is InChI=1S/C21H19F4N3O/c22-18-10-16-14(6-8-28(20(16)29)7-5-13-3-1-2-4-13)9-17(18)19-26-11-15(12-27-19)21(23,24)25/h6,8-13H,1-5,7H2. The highest BCUT2D eigenvalue weighted by Gasteiger charge is 2.31. The van der Waals surface area contributed by atoms with Crippen molar-refractivity contribution in [2.75, 3.05) is 0 Å². The van der Waals surface area contributed by atoms with Crippen molar-refractivity contribution in [2.24, 2.45) is 5.92 Å². The lowest BCUT2D eigenvalue weighted by Crippen LogP contribution is -2.20. The van der Waals surface area contributed by atoms with Crippen LogP contribution in [-0.2, 0) is 12.7 Å². The van der Waals surface area contributed by atoms with Gasteiger partial charge in [-0.1, -0.05) is 25.7 Å². The highest BCUT2D eigenvalue weighted by molar-refractivity contribution is 5.85. The van der Waals surface area contributed by atoms with Crippen LogP contribution in [0.25, 0.3) is 22.2 Å². The molecule has 1 aliphatic carbocycles. The highest BCUT2D eigenvalue weighted by Crippen LogP contribution is 2.30. The lowest BCUT2D eigenvalue weighted by Gasteiger charge is -2.12. The van der Waals surface area contributed by atoms with Crippen LogP contribution in [0.5, 0.6) is 0 Å². The maximum absolute atomic E-state index is 14.6. The third kappa shape index (κ3) is 4.02. The molecule has 0 atom stereocenters. The molecule has 0 aliphatic heterocycles. The summed E-state index contributed by atoms with van der Waals surface area (Å²) in [5.41, 5.74) is -1.33. The Balaban J connectivity index is 1.65. The van der Waals surface area contributed by atoms with Gasteiger partial charge in [0.25, 0.3) is 5.56 Å². The number of aryl methyl sites for hydroxylation is 1. The Kier molecular flexibility index (Phi) is 5.10. The SMILES string of the molecule is O=c1c2cc(F)c(-c3ncc(C(F)(F)F)cn3)cc2ccn1CCC1CCCC1. The van der Waals surface area contributed by atoms with Gasteiger partial charge in [0.2, 0.25) is 0 Å². The number of aromatic nitrogens is 3. The third-order valence-electron chi connectivity index (χ3n) is 5.54. The molecule has 8 heteroatoms. The van der Waals surface area contributed by atoms with Gasteiger partial charge < -0.3 is 4.57 Å². The zero-order valence-electron chi connectivity index (χ0n) is 15.5. The molecule has 2 aromatic heterocycles. The fourth-order valence-corrected chi connectivity index (χ4v) is 3.89. The summed E-state index contributed by atoms with van der Waals surface area (Å²) in [7, 11) is 0. The minimum atomic E-state index is -4.57. The minimum Gasteiger partial charge on any atom is -0.315 e. The lowest BCUT2D eigenvalue weighted by molar-refractivity contribution is -0.138. The maximum Gasteiger partial charge on any atom is 0.419 e. The number of fused-ring (bicyclic) bond motifs is 1. The summed E-state index contributed by atoms with van der Waals surface area (Å²) < 4.78 is 54.2. The number of alkyl halides is 3. The van der Waals surface area contributed by atoms with Crippen LogP contribution in [-0.4, -0.2) is 14.5 Å². The van der Waals surface area contributed by atoms with E-state index in [1.807, 2.05) is 0 Å². The van der Waals surface area contributed by atoms with Crippen molar-refractivity contribution in [3.8, 4) is 11.4 Å². The normalized spacial score (nSPS) is 15.3. The molecule has 152 valence electrons. The molecule has 4 nitrogen and oxygen atoms in total. The van der Waals surface area contributed by atoms with Crippen LogP contribution in [0.3, 0.4) is 0 Å².